The molecule has 35 heavy (non-hydrogen) atoms. The monoisotopic (exact) mass is 506 g/mol. The molecule has 12 heteroatoms. The molecular weight excluding hydrogens is 480 g/mol. The number of esters is 1. The average Bonchev–Trinajstić information content (AvgIpc) is 2.87. The summed E-state index contributed by atoms with van der Waals surface area (Å²) in [6.07, 6.45) is 1.22. The van der Waals surface area contributed by atoms with Crippen LogP contribution in [0.15, 0.2) is 53.4 Å². The van der Waals surface area contributed by atoms with Crippen molar-refractivity contribution in [3.8, 4) is 0 Å². The van der Waals surface area contributed by atoms with Gasteiger partial charge in [-0.3, -0.25) is 20.2 Å². The van der Waals surface area contributed by atoms with Crippen molar-refractivity contribution < 1.29 is 32.9 Å². The number of carbonyl (C=O) groups excluding carboxylic acids is 1. The summed E-state index contributed by atoms with van der Waals surface area (Å²) in [5, 5.41) is 33.4. The third kappa shape index (κ3) is 5.33. The summed E-state index contributed by atoms with van der Waals surface area (Å²) in [7, 11) is -3.93. The van der Waals surface area contributed by atoms with Crippen molar-refractivity contribution in [2.24, 2.45) is 5.92 Å². The van der Waals surface area contributed by atoms with E-state index in [1.54, 1.807) is 25.1 Å². The van der Waals surface area contributed by atoms with Crippen LogP contribution in [-0.2, 0) is 14.6 Å². The lowest BCUT2D eigenvalue weighted by atomic mass is 9.80. The number of ether oxygens (including phenoxy) is 1. The predicted octanol–water partition coefficient (Wildman–Crippen LogP) is 3.83. The van der Waals surface area contributed by atoms with Crippen molar-refractivity contribution in [1.82, 2.24) is 0 Å². The molecular formula is C23H26N2O9S. The minimum atomic E-state index is -3.93. The molecule has 0 unspecified atom stereocenters. The van der Waals surface area contributed by atoms with Gasteiger partial charge in [-0.05, 0) is 25.0 Å². The largest absolute Gasteiger partial charge is 0.462 e. The highest BCUT2D eigenvalue weighted by Crippen LogP contribution is 2.43. The SMILES string of the molecule is C[C@H](COC(=O)c1cc([N+](=O)[O-])cc([N+](=O)[O-])c1)[C@@H](O)C1(S(=O)(=O)c2ccccc2)CCCCC1. The maximum atomic E-state index is 13.6. The van der Waals surface area contributed by atoms with E-state index in [2.05, 4.69) is 0 Å². The van der Waals surface area contributed by atoms with Crippen LogP contribution in [0.25, 0.3) is 0 Å². The summed E-state index contributed by atoms with van der Waals surface area (Å²) in [6, 6.07) is 10.3. The average molecular weight is 507 g/mol. The Morgan fingerprint density at radius 1 is 1.03 bits per heavy atom. The fourth-order valence-electron chi connectivity index (χ4n) is 4.53. The van der Waals surface area contributed by atoms with Crippen molar-refractivity contribution >= 4 is 27.2 Å². The number of sulfone groups is 1. The molecule has 1 fully saturated rings. The second-order valence-electron chi connectivity index (χ2n) is 8.71. The normalized spacial score (nSPS) is 17.2. The maximum absolute atomic E-state index is 13.6. The van der Waals surface area contributed by atoms with Gasteiger partial charge in [0.25, 0.3) is 11.4 Å². The third-order valence-corrected chi connectivity index (χ3v) is 9.02. The molecule has 2 atom stereocenters. The van der Waals surface area contributed by atoms with Gasteiger partial charge in [-0.15, -0.1) is 0 Å². The highest BCUT2D eigenvalue weighted by molar-refractivity contribution is 7.93. The first-order valence-corrected chi connectivity index (χ1v) is 12.6. The molecule has 2 aromatic carbocycles. The molecule has 188 valence electrons. The Balaban J connectivity index is 1.82. The van der Waals surface area contributed by atoms with Crippen LogP contribution < -0.4 is 0 Å². The van der Waals surface area contributed by atoms with Gasteiger partial charge in [0.1, 0.15) is 4.75 Å². The van der Waals surface area contributed by atoms with Crippen molar-refractivity contribution in [2.45, 2.75) is 54.8 Å². The summed E-state index contributed by atoms with van der Waals surface area (Å²) in [5.74, 6) is -1.86. The summed E-state index contributed by atoms with van der Waals surface area (Å²) in [4.78, 5) is 33.0. The quantitative estimate of drug-likeness (QED) is 0.302. The van der Waals surface area contributed by atoms with Gasteiger partial charge in [-0.25, -0.2) is 13.2 Å². The van der Waals surface area contributed by atoms with Gasteiger partial charge < -0.3 is 9.84 Å². The zero-order valence-corrected chi connectivity index (χ0v) is 19.8. The molecule has 0 saturated heterocycles. The van der Waals surface area contributed by atoms with Crippen molar-refractivity contribution in [2.75, 3.05) is 6.61 Å². The van der Waals surface area contributed by atoms with E-state index < -0.39 is 59.4 Å². The molecule has 0 aromatic heterocycles. The lowest BCUT2D eigenvalue weighted by Gasteiger charge is -2.42. The zero-order valence-electron chi connectivity index (χ0n) is 19.0. The van der Waals surface area contributed by atoms with Gasteiger partial charge in [-0.1, -0.05) is 44.4 Å². The first kappa shape index (κ1) is 26.2. The van der Waals surface area contributed by atoms with Gasteiger partial charge in [0.15, 0.2) is 9.84 Å². The Hall–Kier alpha value is -3.38. The van der Waals surface area contributed by atoms with Crippen LogP contribution in [0.1, 0.15) is 49.4 Å². The Kier molecular flexibility index (Phi) is 7.86. The zero-order chi connectivity index (χ0) is 25.8. The fraction of sp³-hybridized carbons (Fsp3) is 0.435. The number of rotatable bonds is 9. The van der Waals surface area contributed by atoms with Crippen LogP contribution in [0.5, 0.6) is 0 Å². The number of nitro benzene ring substituents is 2. The van der Waals surface area contributed by atoms with Gasteiger partial charge in [-0.2, -0.15) is 0 Å². The van der Waals surface area contributed by atoms with E-state index in [4.69, 9.17) is 4.74 Å². The molecule has 2 aromatic rings. The number of hydrogen-bond donors (Lipinski definition) is 1. The number of carbonyl (C=O) groups is 1. The van der Waals surface area contributed by atoms with Crippen LogP contribution in [0.3, 0.4) is 0 Å². The summed E-state index contributed by atoms with van der Waals surface area (Å²) in [5.41, 5.74) is -1.68. The molecule has 0 radical (unpaired) electrons. The van der Waals surface area contributed by atoms with E-state index in [1.165, 1.54) is 12.1 Å². The highest BCUT2D eigenvalue weighted by atomic mass is 32.2. The predicted molar refractivity (Wildman–Crippen MR) is 125 cm³/mol. The van der Waals surface area contributed by atoms with Gasteiger partial charge in [0.05, 0.1) is 39.1 Å². The Labute approximate surface area is 201 Å². The summed E-state index contributed by atoms with van der Waals surface area (Å²) in [6.45, 7) is 1.16. The van der Waals surface area contributed by atoms with E-state index in [0.29, 0.717) is 12.8 Å². The second kappa shape index (κ2) is 10.5. The molecule has 11 nitrogen and oxygen atoms in total. The molecule has 0 aliphatic heterocycles. The summed E-state index contributed by atoms with van der Waals surface area (Å²) >= 11 is 0. The fourth-order valence-corrected chi connectivity index (χ4v) is 6.89. The number of non-ortho nitro benzene ring substituents is 2. The highest BCUT2D eigenvalue weighted by Gasteiger charge is 2.52. The number of nitro groups is 2. The number of aliphatic hydroxyl groups excluding tert-OH is 1. The van der Waals surface area contributed by atoms with Crippen molar-refractivity contribution in [3.05, 3.63) is 74.3 Å². The summed E-state index contributed by atoms with van der Waals surface area (Å²) < 4.78 is 31.0. The van der Waals surface area contributed by atoms with Crippen LogP contribution in [0.2, 0.25) is 0 Å². The molecule has 1 aliphatic carbocycles. The van der Waals surface area contributed by atoms with Crippen LogP contribution in [-0.4, -0.2) is 46.8 Å². The van der Waals surface area contributed by atoms with Gasteiger partial charge in [0, 0.05) is 18.1 Å². The molecule has 1 aliphatic rings. The maximum Gasteiger partial charge on any atom is 0.338 e. The minimum Gasteiger partial charge on any atom is -0.462 e. The van der Waals surface area contributed by atoms with Gasteiger partial charge in [0.2, 0.25) is 0 Å². The molecule has 0 heterocycles. The van der Waals surface area contributed by atoms with E-state index >= 15 is 0 Å². The number of hydrogen-bond acceptors (Lipinski definition) is 9. The van der Waals surface area contributed by atoms with Crippen LogP contribution in [0.4, 0.5) is 11.4 Å². The number of benzene rings is 2. The molecule has 1 saturated carbocycles. The van der Waals surface area contributed by atoms with E-state index in [-0.39, 0.29) is 24.3 Å². The first-order valence-electron chi connectivity index (χ1n) is 11.1. The number of aliphatic hydroxyl groups is 1. The first-order chi connectivity index (χ1) is 16.5. The smallest absolute Gasteiger partial charge is 0.338 e. The molecule has 1 N–H and O–H groups in total. The van der Waals surface area contributed by atoms with Crippen molar-refractivity contribution in [3.63, 3.8) is 0 Å². The van der Waals surface area contributed by atoms with E-state index in [0.717, 1.165) is 24.6 Å². The lowest BCUT2D eigenvalue weighted by Crippen LogP contribution is -2.54. The van der Waals surface area contributed by atoms with Crippen LogP contribution >= 0.6 is 0 Å². The topological polar surface area (TPSA) is 167 Å². The molecule has 0 bridgehead atoms. The third-order valence-electron chi connectivity index (χ3n) is 6.40. The van der Waals surface area contributed by atoms with Crippen molar-refractivity contribution in [1.29, 1.82) is 0 Å². The lowest BCUT2D eigenvalue weighted by molar-refractivity contribution is -0.394. The standard InChI is InChI=1S/C23H26N2O9S/c1-16(15-34-22(27)17-12-18(24(28)29)14-19(13-17)25(30)31)21(26)23(10-6-3-7-11-23)35(32,33)20-8-4-2-5-9-20/h2,4-5,8-9,12-14,16,21,26H,3,6-7,10-11,15H2,1H3/t16-,21-/m1/s1. The van der Waals surface area contributed by atoms with E-state index in [9.17, 15) is 38.5 Å². The molecule has 3 rings (SSSR count). The second-order valence-corrected chi connectivity index (χ2v) is 11.0. The molecule has 0 amide bonds. The Morgan fingerprint density at radius 3 is 2.09 bits per heavy atom. The molecule has 0 spiro atoms. The van der Waals surface area contributed by atoms with Crippen LogP contribution in [0, 0.1) is 26.1 Å². The Bertz CT molecular complexity index is 1180. The van der Waals surface area contributed by atoms with E-state index in [1.807, 2.05) is 0 Å². The van der Waals surface area contributed by atoms with Gasteiger partial charge >= 0.3 is 5.97 Å². The number of nitrogens with zero attached hydrogens (tertiary/aromatic N) is 2. The Morgan fingerprint density at radius 2 is 1.57 bits per heavy atom. The minimum absolute atomic E-state index is 0.106.